The summed E-state index contributed by atoms with van der Waals surface area (Å²) in [5.41, 5.74) is 6.01. The number of amides is 1. The fraction of sp³-hybridized carbons (Fsp3) is 0.941. The fourth-order valence-electron chi connectivity index (χ4n) is 3.96. The van der Waals surface area contributed by atoms with Crippen LogP contribution in [0.5, 0.6) is 0 Å². The van der Waals surface area contributed by atoms with Crippen molar-refractivity contribution < 1.29 is 9.53 Å². The van der Waals surface area contributed by atoms with Gasteiger partial charge in [-0.05, 0) is 64.3 Å². The molecule has 0 atom stereocenters. The summed E-state index contributed by atoms with van der Waals surface area (Å²) < 4.78 is 5.48. The lowest BCUT2D eigenvalue weighted by Crippen LogP contribution is -2.50. The van der Waals surface area contributed by atoms with Crippen molar-refractivity contribution in [2.75, 3.05) is 19.6 Å². The van der Waals surface area contributed by atoms with E-state index in [2.05, 4.69) is 0 Å². The van der Waals surface area contributed by atoms with Gasteiger partial charge in [-0.3, -0.25) is 0 Å². The average Bonchev–Trinajstić information content (AvgIpc) is 2.46. The normalized spacial score (nSPS) is 23.9. The molecule has 1 aliphatic heterocycles. The van der Waals surface area contributed by atoms with Crippen LogP contribution < -0.4 is 5.73 Å². The van der Waals surface area contributed by atoms with Crippen LogP contribution in [0.15, 0.2) is 0 Å². The lowest BCUT2D eigenvalue weighted by atomic mass is 9.64. The molecular weight excluding hydrogens is 264 g/mol. The molecule has 2 N–H and O–H groups in total. The third-order valence-corrected chi connectivity index (χ3v) is 5.29. The summed E-state index contributed by atoms with van der Waals surface area (Å²) >= 11 is 0. The molecule has 1 amide bonds. The number of piperidine rings is 1. The fourth-order valence-corrected chi connectivity index (χ4v) is 3.96. The van der Waals surface area contributed by atoms with Gasteiger partial charge in [-0.15, -0.1) is 0 Å². The molecule has 0 unspecified atom stereocenters. The van der Waals surface area contributed by atoms with E-state index in [0.717, 1.165) is 38.4 Å². The number of carbonyl (C=O) groups is 1. The van der Waals surface area contributed by atoms with Crippen LogP contribution in [-0.4, -0.2) is 36.2 Å². The number of carbonyl (C=O) groups excluding carboxylic acids is 1. The number of nitrogens with zero attached hydrogens (tertiary/aromatic N) is 1. The summed E-state index contributed by atoms with van der Waals surface area (Å²) in [5.74, 6) is 0.761. The molecular formula is C17H32N2O2. The van der Waals surface area contributed by atoms with Crippen molar-refractivity contribution in [1.82, 2.24) is 4.90 Å². The van der Waals surface area contributed by atoms with Gasteiger partial charge in [-0.25, -0.2) is 4.79 Å². The third kappa shape index (κ3) is 4.12. The maximum atomic E-state index is 12.2. The van der Waals surface area contributed by atoms with Crippen LogP contribution in [0.25, 0.3) is 0 Å². The highest BCUT2D eigenvalue weighted by Gasteiger charge is 2.41. The molecule has 2 rings (SSSR count). The van der Waals surface area contributed by atoms with E-state index < -0.39 is 5.60 Å². The zero-order valence-electron chi connectivity index (χ0n) is 14.0. The number of nitrogens with two attached hydrogens (primary N) is 1. The van der Waals surface area contributed by atoms with E-state index in [0.29, 0.717) is 0 Å². The minimum Gasteiger partial charge on any atom is -0.444 e. The molecule has 0 aromatic heterocycles. The van der Waals surface area contributed by atoms with Crippen molar-refractivity contribution in [1.29, 1.82) is 0 Å². The predicted molar refractivity (Wildman–Crippen MR) is 85.1 cm³/mol. The molecule has 0 spiro atoms. The van der Waals surface area contributed by atoms with Crippen LogP contribution in [0, 0.1) is 11.3 Å². The molecule has 0 radical (unpaired) electrons. The van der Waals surface area contributed by atoms with Gasteiger partial charge in [0.2, 0.25) is 0 Å². The SMILES string of the molecule is CC(C)(C)OC(=O)N1CCC(CN)(C2CCCCC2)CC1. The molecule has 1 heterocycles. The number of hydrogen-bond donors (Lipinski definition) is 1. The van der Waals surface area contributed by atoms with Gasteiger partial charge in [-0.2, -0.15) is 0 Å². The van der Waals surface area contributed by atoms with Crippen molar-refractivity contribution in [2.45, 2.75) is 71.3 Å². The monoisotopic (exact) mass is 296 g/mol. The molecule has 21 heavy (non-hydrogen) atoms. The Hall–Kier alpha value is -0.770. The van der Waals surface area contributed by atoms with E-state index in [4.69, 9.17) is 10.5 Å². The zero-order chi connectivity index (χ0) is 15.5. The minimum atomic E-state index is -0.414. The van der Waals surface area contributed by atoms with Crippen molar-refractivity contribution in [3.8, 4) is 0 Å². The summed E-state index contributed by atoms with van der Waals surface area (Å²) in [5, 5.41) is 0. The van der Waals surface area contributed by atoms with Crippen LogP contribution in [0.2, 0.25) is 0 Å². The van der Waals surface area contributed by atoms with Crippen LogP contribution in [-0.2, 0) is 4.74 Å². The summed E-state index contributed by atoms with van der Waals surface area (Å²) in [6.45, 7) is 8.11. The first-order valence-electron chi connectivity index (χ1n) is 8.54. The van der Waals surface area contributed by atoms with Gasteiger partial charge in [0.15, 0.2) is 0 Å². The summed E-state index contributed by atoms with van der Waals surface area (Å²) in [4.78, 5) is 14.0. The number of rotatable bonds is 2. The van der Waals surface area contributed by atoms with Gasteiger partial charge < -0.3 is 15.4 Å². The van der Waals surface area contributed by atoms with E-state index >= 15 is 0 Å². The Kier molecular flexibility index (Phi) is 5.18. The van der Waals surface area contributed by atoms with Crippen molar-refractivity contribution in [3.63, 3.8) is 0 Å². The molecule has 0 aromatic rings. The minimum absolute atomic E-state index is 0.170. The molecule has 2 aliphatic rings. The Balaban J connectivity index is 1.92. The number of likely N-dealkylation sites (tertiary alicyclic amines) is 1. The highest BCUT2D eigenvalue weighted by atomic mass is 16.6. The highest BCUT2D eigenvalue weighted by Crippen LogP contribution is 2.45. The standard InChI is InChI=1S/C17H32N2O2/c1-16(2,3)21-15(20)19-11-9-17(13-18,10-12-19)14-7-5-4-6-8-14/h14H,4-13,18H2,1-3H3. The molecule has 2 fully saturated rings. The van der Waals surface area contributed by atoms with Crippen molar-refractivity contribution >= 4 is 6.09 Å². The smallest absolute Gasteiger partial charge is 0.410 e. The molecule has 0 aromatic carbocycles. The predicted octanol–water partition coefficient (Wildman–Crippen LogP) is 3.54. The molecule has 1 saturated heterocycles. The highest BCUT2D eigenvalue weighted by molar-refractivity contribution is 5.68. The summed E-state index contributed by atoms with van der Waals surface area (Å²) in [7, 11) is 0. The second-order valence-electron chi connectivity index (χ2n) is 7.87. The Bertz CT molecular complexity index is 348. The molecule has 0 bridgehead atoms. The van der Waals surface area contributed by atoms with Crippen molar-refractivity contribution in [3.05, 3.63) is 0 Å². The third-order valence-electron chi connectivity index (χ3n) is 5.29. The van der Waals surface area contributed by atoms with E-state index in [-0.39, 0.29) is 11.5 Å². The Morgan fingerprint density at radius 1 is 1.19 bits per heavy atom. The largest absolute Gasteiger partial charge is 0.444 e. The molecule has 1 aliphatic carbocycles. The van der Waals surface area contributed by atoms with E-state index in [1.54, 1.807) is 0 Å². The quantitative estimate of drug-likeness (QED) is 0.848. The van der Waals surface area contributed by atoms with E-state index in [1.165, 1.54) is 32.1 Å². The van der Waals surface area contributed by atoms with Gasteiger partial charge in [0.1, 0.15) is 5.60 Å². The molecule has 122 valence electrons. The zero-order valence-corrected chi connectivity index (χ0v) is 14.0. The van der Waals surface area contributed by atoms with Gasteiger partial charge in [0.25, 0.3) is 0 Å². The van der Waals surface area contributed by atoms with Gasteiger partial charge in [0, 0.05) is 13.1 Å². The molecule has 4 nitrogen and oxygen atoms in total. The Morgan fingerprint density at radius 3 is 2.24 bits per heavy atom. The summed E-state index contributed by atoms with van der Waals surface area (Å²) in [6.07, 6.45) is 8.62. The van der Waals surface area contributed by atoms with Crippen LogP contribution in [0.1, 0.15) is 65.7 Å². The number of hydrogen-bond acceptors (Lipinski definition) is 3. The first-order valence-corrected chi connectivity index (χ1v) is 8.54. The van der Waals surface area contributed by atoms with Crippen LogP contribution >= 0.6 is 0 Å². The topological polar surface area (TPSA) is 55.6 Å². The Labute approximate surface area is 129 Å². The lowest BCUT2D eigenvalue weighted by Gasteiger charge is -2.47. The van der Waals surface area contributed by atoms with E-state index in [1.807, 2.05) is 25.7 Å². The van der Waals surface area contributed by atoms with Gasteiger partial charge >= 0.3 is 6.09 Å². The maximum absolute atomic E-state index is 12.2. The Morgan fingerprint density at radius 2 is 1.76 bits per heavy atom. The van der Waals surface area contributed by atoms with Crippen LogP contribution in [0.3, 0.4) is 0 Å². The lowest BCUT2D eigenvalue weighted by molar-refractivity contribution is -0.00329. The first kappa shape index (κ1) is 16.6. The van der Waals surface area contributed by atoms with Crippen LogP contribution in [0.4, 0.5) is 4.79 Å². The average molecular weight is 296 g/mol. The maximum Gasteiger partial charge on any atom is 0.410 e. The van der Waals surface area contributed by atoms with Gasteiger partial charge in [0.05, 0.1) is 0 Å². The first-order chi connectivity index (χ1) is 9.86. The van der Waals surface area contributed by atoms with E-state index in [9.17, 15) is 4.79 Å². The molecule has 4 heteroatoms. The summed E-state index contributed by atoms with van der Waals surface area (Å²) in [6, 6.07) is 0. The molecule has 1 saturated carbocycles. The second-order valence-corrected chi connectivity index (χ2v) is 7.87. The number of ether oxygens (including phenoxy) is 1. The second kappa shape index (κ2) is 6.55. The van der Waals surface area contributed by atoms with Gasteiger partial charge in [-0.1, -0.05) is 19.3 Å². The van der Waals surface area contributed by atoms with Crippen molar-refractivity contribution in [2.24, 2.45) is 17.1 Å².